The highest BCUT2D eigenvalue weighted by Gasteiger charge is 2.28. The van der Waals surface area contributed by atoms with Crippen LogP contribution in [0.1, 0.15) is 40.0 Å². The Balaban J connectivity index is 4.31. The molecule has 0 unspecified atom stereocenters. The second-order valence-electron chi connectivity index (χ2n) is 2.67. The Morgan fingerprint density at radius 1 is 1.20 bits per heavy atom. The van der Waals surface area contributed by atoms with E-state index in [9.17, 15) is 4.79 Å². The summed E-state index contributed by atoms with van der Waals surface area (Å²) in [6, 6.07) is 0. The number of hydrogen-bond acceptors (Lipinski definition) is 1. The smallest absolute Gasteiger partial charge is 0.127 e. The Labute approximate surface area is 66.6 Å². The third kappa shape index (κ3) is 1.69. The van der Waals surface area contributed by atoms with Crippen molar-refractivity contribution >= 4 is 15.6 Å². The third-order valence-electron chi connectivity index (χ3n) is 2.51. The van der Waals surface area contributed by atoms with Gasteiger partial charge in [-0.2, -0.15) is 0 Å². The molecule has 1 nitrogen and oxygen atoms in total. The van der Waals surface area contributed by atoms with Gasteiger partial charge < -0.3 is 4.79 Å². The average Bonchev–Trinajstić information content (AvgIpc) is 1.92. The maximum Gasteiger partial charge on any atom is 0.127 e. The lowest BCUT2D eigenvalue weighted by atomic mass is 9.81. The standard InChI is InChI=1S/C8H15OSi/c1-4-8(5-2,6-3)7(9)10/h4-6H2,1-3H3. The maximum absolute atomic E-state index is 11.1. The Morgan fingerprint density at radius 3 is 1.50 bits per heavy atom. The Bertz CT molecular complexity index is 108. The zero-order chi connectivity index (χ0) is 8.20. The molecule has 57 valence electrons. The summed E-state index contributed by atoms with van der Waals surface area (Å²) in [5, 5.41) is 0.153. The van der Waals surface area contributed by atoms with Gasteiger partial charge in [0.2, 0.25) is 0 Å². The molecule has 0 aliphatic heterocycles. The van der Waals surface area contributed by atoms with Crippen LogP contribution in [0.4, 0.5) is 0 Å². The SMILES string of the molecule is CCC(CC)(CC)C(=O)[Si]. The molecular weight excluding hydrogens is 140 g/mol. The molecule has 10 heavy (non-hydrogen) atoms. The fourth-order valence-electron chi connectivity index (χ4n) is 1.23. The lowest BCUT2D eigenvalue weighted by Crippen LogP contribution is -2.29. The number of carbonyl (C=O) groups excluding carboxylic acids is 1. The summed E-state index contributed by atoms with van der Waals surface area (Å²) in [5.74, 6) is 0. The second-order valence-corrected chi connectivity index (χ2v) is 3.12. The van der Waals surface area contributed by atoms with Crippen LogP contribution in [0.25, 0.3) is 0 Å². The first-order chi connectivity index (χ1) is 4.63. The molecule has 2 heteroatoms. The minimum Gasteiger partial charge on any atom is -0.306 e. The first-order valence-corrected chi connectivity index (χ1v) is 4.39. The highest BCUT2D eigenvalue weighted by molar-refractivity contribution is 6.59. The van der Waals surface area contributed by atoms with E-state index in [1.807, 2.05) is 0 Å². The van der Waals surface area contributed by atoms with Crippen molar-refractivity contribution in [2.24, 2.45) is 5.41 Å². The van der Waals surface area contributed by atoms with Gasteiger partial charge in [0.1, 0.15) is 15.6 Å². The summed E-state index contributed by atoms with van der Waals surface area (Å²) in [4.78, 5) is 11.1. The van der Waals surface area contributed by atoms with Crippen LogP contribution >= 0.6 is 0 Å². The molecule has 0 amide bonds. The van der Waals surface area contributed by atoms with Crippen LogP contribution in [0, 0.1) is 5.41 Å². The van der Waals surface area contributed by atoms with Gasteiger partial charge in [-0.15, -0.1) is 0 Å². The summed E-state index contributed by atoms with van der Waals surface area (Å²) in [6.07, 6.45) is 2.80. The quantitative estimate of drug-likeness (QED) is 0.567. The fraction of sp³-hybridized carbons (Fsp3) is 0.875. The largest absolute Gasteiger partial charge is 0.306 e. The van der Waals surface area contributed by atoms with Gasteiger partial charge in [0.15, 0.2) is 0 Å². The second kappa shape index (κ2) is 3.91. The average molecular weight is 155 g/mol. The third-order valence-corrected chi connectivity index (χ3v) is 3.04. The Morgan fingerprint density at radius 2 is 1.50 bits per heavy atom. The summed E-state index contributed by atoms with van der Waals surface area (Å²) in [6.45, 7) is 6.18. The highest BCUT2D eigenvalue weighted by Crippen LogP contribution is 2.29. The van der Waals surface area contributed by atoms with E-state index in [1.165, 1.54) is 0 Å². The molecule has 0 aliphatic carbocycles. The molecule has 0 aromatic carbocycles. The molecule has 0 saturated carbocycles. The molecule has 0 aliphatic rings. The Hall–Kier alpha value is -0.113. The predicted octanol–water partition coefficient (Wildman–Crippen LogP) is 1.90. The van der Waals surface area contributed by atoms with Crippen molar-refractivity contribution < 1.29 is 4.79 Å². The maximum atomic E-state index is 11.1. The monoisotopic (exact) mass is 155 g/mol. The van der Waals surface area contributed by atoms with Crippen molar-refractivity contribution in [3.05, 3.63) is 0 Å². The van der Waals surface area contributed by atoms with Crippen LogP contribution in [0.3, 0.4) is 0 Å². The van der Waals surface area contributed by atoms with Crippen molar-refractivity contribution in [2.75, 3.05) is 0 Å². The summed E-state index contributed by atoms with van der Waals surface area (Å²) < 4.78 is 0. The van der Waals surface area contributed by atoms with E-state index in [-0.39, 0.29) is 10.8 Å². The first-order valence-electron chi connectivity index (χ1n) is 3.89. The summed E-state index contributed by atoms with van der Waals surface area (Å²) in [5.41, 5.74) is -0.100. The normalized spacial score (nSPS) is 11.6. The van der Waals surface area contributed by atoms with Crippen molar-refractivity contribution in [1.29, 1.82) is 0 Å². The lowest BCUT2D eigenvalue weighted by Gasteiger charge is -2.26. The highest BCUT2D eigenvalue weighted by atomic mass is 28.1. The Kier molecular flexibility index (Phi) is 3.87. The minimum absolute atomic E-state index is 0.100. The van der Waals surface area contributed by atoms with Gasteiger partial charge >= 0.3 is 0 Å². The van der Waals surface area contributed by atoms with Crippen molar-refractivity contribution in [2.45, 2.75) is 40.0 Å². The van der Waals surface area contributed by atoms with E-state index < -0.39 is 0 Å². The molecule has 0 N–H and O–H groups in total. The van der Waals surface area contributed by atoms with E-state index >= 15 is 0 Å². The van der Waals surface area contributed by atoms with Gasteiger partial charge in [-0.05, 0) is 19.3 Å². The molecule has 0 spiro atoms. The van der Waals surface area contributed by atoms with E-state index in [4.69, 9.17) is 0 Å². The topological polar surface area (TPSA) is 17.1 Å². The van der Waals surface area contributed by atoms with E-state index in [0.29, 0.717) is 0 Å². The van der Waals surface area contributed by atoms with Crippen molar-refractivity contribution in [1.82, 2.24) is 0 Å². The molecule has 3 radical (unpaired) electrons. The number of hydrogen-bond donors (Lipinski definition) is 0. The van der Waals surface area contributed by atoms with Crippen LogP contribution in [0.2, 0.25) is 0 Å². The van der Waals surface area contributed by atoms with Crippen molar-refractivity contribution in [3.8, 4) is 0 Å². The zero-order valence-corrected chi connectivity index (χ0v) is 8.03. The van der Waals surface area contributed by atoms with Crippen molar-refractivity contribution in [3.63, 3.8) is 0 Å². The first kappa shape index (κ1) is 9.89. The van der Waals surface area contributed by atoms with Gasteiger partial charge in [0.05, 0.1) is 0 Å². The van der Waals surface area contributed by atoms with Gasteiger partial charge in [0.25, 0.3) is 0 Å². The molecule has 0 aromatic rings. The van der Waals surface area contributed by atoms with Crippen LogP contribution < -0.4 is 0 Å². The molecule has 0 atom stereocenters. The fourth-order valence-corrected chi connectivity index (χ4v) is 1.76. The van der Waals surface area contributed by atoms with Crippen LogP contribution in [-0.4, -0.2) is 15.6 Å². The minimum atomic E-state index is -0.100. The number of rotatable bonds is 4. The van der Waals surface area contributed by atoms with Gasteiger partial charge in [-0.3, -0.25) is 0 Å². The van der Waals surface area contributed by atoms with Crippen LogP contribution in [0.5, 0.6) is 0 Å². The molecular formula is C8H15OSi. The van der Waals surface area contributed by atoms with E-state index in [2.05, 4.69) is 31.0 Å². The molecule has 0 fully saturated rings. The van der Waals surface area contributed by atoms with Gasteiger partial charge in [-0.25, -0.2) is 0 Å². The van der Waals surface area contributed by atoms with E-state index in [1.54, 1.807) is 0 Å². The predicted molar refractivity (Wildman–Crippen MR) is 44.1 cm³/mol. The summed E-state index contributed by atoms with van der Waals surface area (Å²) in [7, 11) is 3.09. The summed E-state index contributed by atoms with van der Waals surface area (Å²) >= 11 is 0. The molecule has 0 rings (SSSR count). The van der Waals surface area contributed by atoms with Gasteiger partial charge in [0, 0.05) is 5.41 Å². The van der Waals surface area contributed by atoms with Gasteiger partial charge in [-0.1, -0.05) is 20.8 Å². The van der Waals surface area contributed by atoms with Crippen LogP contribution in [-0.2, 0) is 4.79 Å². The molecule has 0 bridgehead atoms. The number of carbonyl (C=O) groups is 1. The molecule has 0 saturated heterocycles. The zero-order valence-electron chi connectivity index (χ0n) is 7.03. The molecule has 0 aromatic heterocycles. The van der Waals surface area contributed by atoms with Crippen LogP contribution in [0.15, 0.2) is 0 Å². The lowest BCUT2D eigenvalue weighted by molar-refractivity contribution is -0.121. The van der Waals surface area contributed by atoms with E-state index in [0.717, 1.165) is 19.3 Å². The molecule has 0 heterocycles.